The monoisotopic (exact) mass is 397 g/mol. The van der Waals surface area contributed by atoms with E-state index in [9.17, 15) is 27.9 Å². The summed E-state index contributed by atoms with van der Waals surface area (Å²) in [5.74, 6) is -0.951. The van der Waals surface area contributed by atoms with Crippen LogP contribution in [-0.4, -0.2) is 33.7 Å². The van der Waals surface area contributed by atoms with Crippen LogP contribution in [-0.2, 0) is 28.9 Å². The molecule has 1 aliphatic carbocycles. The maximum atomic E-state index is 12.9. The summed E-state index contributed by atoms with van der Waals surface area (Å²) in [6, 6.07) is 3.55. The Morgan fingerprint density at radius 3 is 2.57 bits per heavy atom. The molecule has 2 aliphatic heterocycles. The predicted molar refractivity (Wildman–Crippen MR) is 92.2 cm³/mol. The number of halogens is 3. The van der Waals surface area contributed by atoms with Crippen LogP contribution in [0.4, 0.5) is 13.2 Å². The van der Waals surface area contributed by atoms with Gasteiger partial charge in [-0.1, -0.05) is 13.0 Å². The maximum absolute atomic E-state index is 12.9. The van der Waals surface area contributed by atoms with Gasteiger partial charge in [0.1, 0.15) is 5.54 Å². The second-order valence-electron chi connectivity index (χ2n) is 8.05. The highest BCUT2D eigenvalue weighted by Gasteiger charge is 2.56. The second-order valence-corrected chi connectivity index (χ2v) is 8.05. The lowest BCUT2D eigenvalue weighted by molar-refractivity contribution is -0.138. The number of amides is 2. The lowest BCUT2D eigenvalue weighted by Crippen LogP contribution is -2.52. The van der Waals surface area contributed by atoms with Crippen LogP contribution in [0.15, 0.2) is 18.2 Å². The average Bonchev–Trinajstić information content (AvgIpc) is 3.31. The Bertz CT molecular complexity index is 824. The molecule has 3 N–H and O–H groups in total. The minimum absolute atomic E-state index is 0.0741. The minimum atomic E-state index is -4.42. The molecule has 9 heteroatoms. The summed E-state index contributed by atoms with van der Waals surface area (Å²) in [4.78, 5) is 26.9. The van der Waals surface area contributed by atoms with Gasteiger partial charge in [-0.3, -0.25) is 14.9 Å². The van der Waals surface area contributed by atoms with E-state index in [4.69, 9.17) is 0 Å². The Kier molecular flexibility index (Phi) is 4.42. The highest BCUT2D eigenvalue weighted by atomic mass is 19.4. The molecule has 1 saturated carbocycles. The van der Waals surface area contributed by atoms with Crippen molar-refractivity contribution in [1.82, 2.24) is 15.5 Å². The summed E-state index contributed by atoms with van der Waals surface area (Å²) in [5, 5.41) is 15.1. The van der Waals surface area contributed by atoms with Gasteiger partial charge in [-0.25, -0.2) is 0 Å². The van der Waals surface area contributed by atoms with Crippen molar-refractivity contribution in [2.24, 2.45) is 11.8 Å². The van der Waals surface area contributed by atoms with Gasteiger partial charge in [0.2, 0.25) is 11.8 Å². The third kappa shape index (κ3) is 3.26. The molecule has 2 heterocycles. The van der Waals surface area contributed by atoms with Gasteiger partial charge in [0.15, 0.2) is 6.35 Å². The number of hydrogen-bond donors (Lipinski definition) is 3. The van der Waals surface area contributed by atoms with Crippen molar-refractivity contribution in [2.45, 2.75) is 57.3 Å². The molecule has 3 atom stereocenters. The fourth-order valence-electron chi connectivity index (χ4n) is 4.40. The molecule has 0 bridgehead atoms. The van der Waals surface area contributed by atoms with Gasteiger partial charge in [0.25, 0.3) is 0 Å². The molecule has 0 radical (unpaired) electrons. The van der Waals surface area contributed by atoms with Gasteiger partial charge < -0.3 is 15.3 Å². The summed E-state index contributed by atoms with van der Waals surface area (Å²) in [5.41, 5.74) is -0.482. The summed E-state index contributed by atoms with van der Waals surface area (Å²) in [7, 11) is 0. The summed E-state index contributed by atoms with van der Waals surface area (Å²) >= 11 is 0. The molecule has 3 aliphatic rings. The Labute approximate surface area is 160 Å². The third-order valence-corrected chi connectivity index (χ3v) is 5.96. The van der Waals surface area contributed by atoms with E-state index in [1.54, 1.807) is 6.92 Å². The van der Waals surface area contributed by atoms with Crippen LogP contribution in [0.1, 0.15) is 42.9 Å². The van der Waals surface area contributed by atoms with Gasteiger partial charge >= 0.3 is 6.18 Å². The van der Waals surface area contributed by atoms with Crippen molar-refractivity contribution >= 4 is 11.8 Å². The van der Waals surface area contributed by atoms with Crippen LogP contribution in [0, 0.1) is 11.8 Å². The van der Waals surface area contributed by atoms with Gasteiger partial charge in [-0.15, -0.1) is 0 Å². The average molecular weight is 397 g/mol. The number of nitrogens with zero attached hydrogens (tertiary/aromatic N) is 1. The van der Waals surface area contributed by atoms with Gasteiger partial charge in [0, 0.05) is 19.0 Å². The first kappa shape index (κ1) is 19.2. The van der Waals surface area contributed by atoms with E-state index < -0.39 is 29.5 Å². The summed E-state index contributed by atoms with van der Waals surface area (Å²) in [6.45, 7) is 2.10. The lowest BCUT2D eigenvalue weighted by atomic mass is 9.83. The summed E-state index contributed by atoms with van der Waals surface area (Å²) < 4.78 is 38.7. The molecule has 4 rings (SSSR count). The number of rotatable bonds is 4. The Morgan fingerprint density at radius 1 is 1.32 bits per heavy atom. The van der Waals surface area contributed by atoms with Crippen molar-refractivity contribution in [3.05, 3.63) is 34.9 Å². The van der Waals surface area contributed by atoms with E-state index in [0.29, 0.717) is 11.1 Å². The molecule has 0 spiro atoms. The topological polar surface area (TPSA) is 81.7 Å². The van der Waals surface area contributed by atoms with Crippen LogP contribution in [0.25, 0.3) is 0 Å². The minimum Gasteiger partial charge on any atom is -0.361 e. The van der Waals surface area contributed by atoms with Gasteiger partial charge in [-0.2, -0.15) is 13.2 Å². The van der Waals surface area contributed by atoms with Crippen LogP contribution in [0.2, 0.25) is 0 Å². The number of fused-ring (bicyclic) bond motifs is 1. The SMILES string of the molecule is CC(CC1(C2CC2)NC(O)NC1=O)C(=O)N1Cc2ccc(C(F)(F)F)cc2C1. The van der Waals surface area contributed by atoms with E-state index in [0.717, 1.165) is 25.0 Å². The van der Waals surface area contributed by atoms with Crippen molar-refractivity contribution in [3.63, 3.8) is 0 Å². The zero-order valence-corrected chi connectivity index (χ0v) is 15.3. The van der Waals surface area contributed by atoms with Gasteiger partial charge in [-0.05, 0) is 48.4 Å². The van der Waals surface area contributed by atoms with E-state index in [-0.39, 0.29) is 37.2 Å². The molecule has 1 aromatic rings. The fraction of sp³-hybridized carbons (Fsp3) is 0.579. The molecular weight excluding hydrogens is 375 g/mol. The van der Waals surface area contributed by atoms with Gasteiger partial charge in [0.05, 0.1) is 5.56 Å². The van der Waals surface area contributed by atoms with Crippen LogP contribution < -0.4 is 10.6 Å². The number of aliphatic hydroxyl groups is 1. The Hall–Kier alpha value is -2.13. The quantitative estimate of drug-likeness (QED) is 0.723. The number of carbonyl (C=O) groups excluding carboxylic acids is 2. The molecule has 1 saturated heterocycles. The Morgan fingerprint density at radius 2 is 2.00 bits per heavy atom. The first-order chi connectivity index (χ1) is 13.1. The molecular formula is C19H22F3N3O3. The van der Waals surface area contributed by atoms with E-state index in [2.05, 4.69) is 10.6 Å². The summed E-state index contributed by atoms with van der Waals surface area (Å²) in [6.07, 6.45) is -3.61. The molecule has 3 unspecified atom stereocenters. The molecule has 28 heavy (non-hydrogen) atoms. The highest BCUT2D eigenvalue weighted by Crippen LogP contribution is 2.45. The van der Waals surface area contributed by atoms with Crippen molar-refractivity contribution < 1.29 is 27.9 Å². The first-order valence-corrected chi connectivity index (χ1v) is 9.34. The lowest BCUT2D eigenvalue weighted by Gasteiger charge is -2.31. The van der Waals surface area contributed by atoms with Crippen molar-refractivity contribution in [1.29, 1.82) is 0 Å². The second kappa shape index (κ2) is 6.45. The first-order valence-electron chi connectivity index (χ1n) is 9.34. The molecule has 2 amide bonds. The van der Waals surface area contributed by atoms with Crippen molar-refractivity contribution in [2.75, 3.05) is 0 Å². The number of nitrogens with one attached hydrogen (secondary N) is 2. The molecule has 152 valence electrons. The zero-order valence-electron chi connectivity index (χ0n) is 15.3. The van der Waals surface area contributed by atoms with Crippen LogP contribution in [0.5, 0.6) is 0 Å². The maximum Gasteiger partial charge on any atom is 0.416 e. The Balaban J connectivity index is 1.47. The zero-order chi connectivity index (χ0) is 20.3. The smallest absolute Gasteiger partial charge is 0.361 e. The molecule has 1 aromatic carbocycles. The number of aliphatic hydroxyl groups excluding tert-OH is 1. The van der Waals surface area contributed by atoms with E-state index in [1.165, 1.54) is 11.0 Å². The molecule has 0 aromatic heterocycles. The fourth-order valence-corrected chi connectivity index (χ4v) is 4.40. The third-order valence-electron chi connectivity index (χ3n) is 5.96. The predicted octanol–water partition coefficient (Wildman–Crippen LogP) is 1.72. The molecule has 6 nitrogen and oxygen atoms in total. The standard InChI is InChI=1S/C19H22F3N3O3/c1-10(7-18(13-4-5-13)16(27)23-17(28)24-18)15(26)25-8-11-2-3-14(19(20,21)22)6-12(11)9-25/h2-3,6,10,13,17,24,28H,4-5,7-9H2,1H3,(H,23,27). The number of carbonyl (C=O) groups is 2. The van der Waals surface area contributed by atoms with E-state index >= 15 is 0 Å². The number of benzene rings is 1. The van der Waals surface area contributed by atoms with Crippen LogP contribution in [0.3, 0.4) is 0 Å². The van der Waals surface area contributed by atoms with Crippen molar-refractivity contribution in [3.8, 4) is 0 Å². The highest BCUT2D eigenvalue weighted by molar-refractivity contribution is 5.90. The largest absolute Gasteiger partial charge is 0.416 e. The van der Waals surface area contributed by atoms with Crippen LogP contribution >= 0.6 is 0 Å². The van der Waals surface area contributed by atoms with E-state index in [1.807, 2.05) is 0 Å². The number of alkyl halides is 3. The number of hydrogen-bond acceptors (Lipinski definition) is 4. The normalized spacial score (nSPS) is 28.2. The molecule has 2 fully saturated rings.